The fourth-order valence-corrected chi connectivity index (χ4v) is 2.46. The quantitative estimate of drug-likeness (QED) is 0.470. The zero-order chi connectivity index (χ0) is 18.5. The van der Waals surface area contributed by atoms with Crippen LogP contribution in [0.1, 0.15) is 18.1 Å². The maximum atomic E-state index is 6.00. The van der Waals surface area contributed by atoms with Gasteiger partial charge in [-0.25, -0.2) is 9.67 Å². The second-order valence-corrected chi connectivity index (χ2v) is 6.26. The normalized spacial score (nSPS) is 11.1. The molecule has 0 unspecified atom stereocenters. The van der Waals surface area contributed by atoms with Crippen molar-refractivity contribution in [2.24, 2.45) is 4.99 Å². The smallest absolute Gasteiger partial charge is 0.238 e. The number of rotatable bonds is 6. The SMILES string of the molecule is CCN(C)/C=N/c1cc(C)c(Oc2ccn(-c3ccccc3)n2)cc1C. The van der Waals surface area contributed by atoms with Crippen molar-refractivity contribution >= 4 is 12.0 Å². The predicted octanol–water partition coefficient (Wildman–Crippen LogP) is 4.89. The van der Waals surface area contributed by atoms with Crippen LogP contribution in [-0.4, -0.2) is 34.6 Å². The molecule has 0 saturated carbocycles. The highest BCUT2D eigenvalue weighted by Crippen LogP contribution is 2.31. The third-order valence-electron chi connectivity index (χ3n) is 4.19. The van der Waals surface area contributed by atoms with Crippen LogP contribution in [-0.2, 0) is 0 Å². The van der Waals surface area contributed by atoms with E-state index < -0.39 is 0 Å². The number of aliphatic imine (C=N–C) groups is 1. The van der Waals surface area contributed by atoms with Crippen molar-refractivity contribution in [2.45, 2.75) is 20.8 Å². The van der Waals surface area contributed by atoms with Gasteiger partial charge >= 0.3 is 0 Å². The second-order valence-electron chi connectivity index (χ2n) is 6.26. The first-order valence-electron chi connectivity index (χ1n) is 8.71. The molecule has 1 aromatic heterocycles. The van der Waals surface area contributed by atoms with Crippen molar-refractivity contribution in [2.75, 3.05) is 13.6 Å². The predicted molar refractivity (Wildman–Crippen MR) is 106 cm³/mol. The van der Waals surface area contributed by atoms with Crippen molar-refractivity contribution in [1.29, 1.82) is 0 Å². The summed E-state index contributed by atoms with van der Waals surface area (Å²) in [4.78, 5) is 6.59. The minimum absolute atomic E-state index is 0.568. The van der Waals surface area contributed by atoms with Gasteiger partial charge < -0.3 is 9.64 Å². The molecule has 0 spiro atoms. The lowest BCUT2D eigenvalue weighted by molar-refractivity contribution is 0.454. The van der Waals surface area contributed by atoms with Crippen LogP contribution in [0.4, 0.5) is 5.69 Å². The van der Waals surface area contributed by atoms with Crippen LogP contribution in [0.15, 0.2) is 59.7 Å². The first kappa shape index (κ1) is 17.7. The Labute approximate surface area is 154 Å². The van der Waals surface area contributed by atoms with Crippen molar-refractivity contribution in [3.05, 3.63) is 65.9 Å². The highest BCUT2D eigenvalue weighted by Gasteiger charge is 2.09. The van der Waals surface area contributed by atoms with Crippen LogP contribution in [0.5, 0.6) is 11.6 Å². The molecule has 0 aliphatic carbocycles. The second kappa shape index (κ2) is 7.87. The molecule has 0 aliphatic heterocycles. The maximum absolute atomic E-state index is 6.00. The van der Waals surface area contributed by atoms with Gasteiger partial charge in [-0.3, -0.25) is 0 Å². The number of aromatic nitrogens is 2. The standard InChI is InChI=1S/C21H24N4O/c1-5-24(4)15-22-19-13-17(3)20(14-16(19)2)26-21-11-12-25(23-21)18-9-7-6-8-10-18/h6-15H,5H2,1-4H3/b22-15+. The van der Waals surface area contributed by atoms with E-state index in [4.69, 9.17) is 4.74 Å². The van der Waals surface area contributed by atoms with Crippen LogP contribution in [0, 0.1) is 13.8 Å². The number of aryl methyl sites for hydroxylation is 2. The molecule has 0 saturated heterocycles. The van der Waals surface area contributed by atoms with E-state index in [-0.39, 0.29) is 0 Å². The minimum atomic E-state index is 0.568. The van der Waals surface area contributed by atoms with Gasteiger partial charge in [-0.15, -0.1) is 5.10 Å². The van der Waals surface area contributed by atoms with E-state index in [1.54, 1.807) is 4.68 Å². The third kappa shape index (κ3) is 4.11. The molecular formula is C21H24N4O. The van der Waals surface area contributed by atoms with Gasteiger partial charge in [0.25, 0.3) is 0 Å². The number of ether oxygens (including phenoxy) is 1. The number of hydrogen-bond donors (Lipinski definition) is 0. The molecule has 0 bridgehead atoms. The summed E-state index contributed by atoms with van der Waals surface area (Å²) in [5.41, 5.74) is 4.04. The summed E-state index contributed by atoms with van der Waals surface area (Å²) >= 11 is 0. The van der Waals surface area contributed by atoms with Gasteiger partial charge in [0.2, 0.25) is 5.88 Å². The van der Waals surface area contributed by atoms with Gasteiger partial charge in [-0.05, 0) is 56.2 Å². The van der Waals surface area contributed by atoms with E-state index >= 15 is 0 Å². The summed E-state index contributed by atoms with van der Waals surface area (Å²) in [5, 5.41) is 4.50. The van der Waals surface area contributed by atoms with Crippen LogP contribution in [0.3, 0.4) is 0 Å². The topological polar surface area (TPSA) is 42.6 Å². The molecule has 0 aliphatic rings. The molecule has 26 heavy (non-hydrogen) atoms. The highest BCUT2D eigenvalue weighted by molar-refractivity contribution is 5.64. The summed E-state index contributed by atoms with van der Waals surface area (Å²) in [5.74, 6) is 1.36. The molecule has 0 amide bonds. The molecule has 1 heterocycles. The third-order valence-corrected chi connectivity index (χ3v) is 4.19. The Bertz CT molecular complexity index is 900. The number of benzene rings is 2. The van der Waals surface area contributed by atoms with Gasteiger partial charge in [0.05, 0.1) is 17.7 Å². The lowest BCUT2D eigenvalue weighted by Gasteiger charge is -2.11. The van der Waals surface area contributed by atoms with Crippen LogP contribution < -0.4 is 4.74 Å². The average Bonchev–Trinajstić information content (AvgIpc) is 3.12. The lowest BCUT2D eigenvalue weighted by Crippen LogP contribution is -2.14. The van der Waals surface area contributed by atoms with Crippen molar-refractivity contribution in [3.8, 4) is 17.3 Å². The Hall–Kier alpha value is -3.08. The Kier molecular flexibility index (Phi) is 5.37. The number of hydrogen-bond acceptors (Lipinski definition) is 3. The molecule has 134 valence electrons. The first-order valence-corrected chi connectivity index (χ1v) is 8.71. The Morgan fingerprint density at radius 3 is 2.62 bits per heavy atom. The maximum Gasteiger partial charge on any atom is 0.238 e. The molecule has 0 fully saturated rings. The van der Waals surface area contributed by atoms with E-state index in [0.29, 0.717) is 5.88 Å². The van der Waals surface area contributed by atoms with Crippen LogP contribution in [0.25, 0.3) is 5.69 Å². The van der Waals surface area contributed by atoms with Gasteiger partial charge in [0.15, 0.2) is 0 Å². The Balaban J connectivity index is 1.79. The van der Waals surface area contributed by atoms with E-state index in [1.807, 2.05) is 86.9 Å². The van der Waals surface area contributed by atoms with Crippen molar-refractivity contribution < 1.29 is 4.74 Å². The summed E-state index contributed by atoms with van der Waals surface area (Å²) in [6.07, 6.45) is 3.75. The van der Waals surface area contributed by atoms with Gasteiger partial charge in [-0.2, -0.15) is 0 Å². The molecular weight excluding hydrogens is 324 g/mol. The number of para-hydroxylation sites is 1. The first-order chi connectivity index (χ1) is 12.6. The van der Waals surface area contributed by atoms with E-state index in [2.05, 4.69) is 17.0 Å². The van der Waals surface area contributed by atoms with Crippen molar-refractivity contribution in [1.82, 2.24) is 14.7 Å². The largest absolute Gasteiger partial charge is 0.437 e. The highest BCUT2D eigenvalue weighted by atomic mass is 16.5. The van der Waals surface area contributed by atoms with Gasteiger partial charge in [-0.1, -0.05) is 18.2 Å². The summed E-state index contributed by atoms with van der Waals surface area (Å²) in [6, 6.07) is 15.9. The Morgan fingerprint density at radius 1 is 1.12 bits per heavy atom. The van der Waals surface area contributed by atoms with E-state index in [9.17, 15) is 0 Å². The van der Waals surface area contributed by atoms with Gasteiger partial charge in [0.1, 0.15) is 5.75 Å². The van der Waals surface area contributed by atoms with Crippen LogP contribution in [0.2, 0.25) is 0 Å². The Morgan fingerprint density at radius 2 is 1.88 bits per heavy atom. The van der Waals surface area contributed by atoms with E-state index in [0.717, 1.165) is 34.8 Å². The summed E-state index contributed by atoms with van der Waals surface area (Å²) < 4.78 is 7.80. The lowest BCUT2D eigenvalue weighted by atomic mass is 10.1. The van der Waals surface area contributed by atoms with E-state index in [1.165, 1.54) is 0 Å². The molecule has 5 nitrogen and oxygen atoms in total. The zero-order valence-corrected chi connectivity index (χ0v) is 15.7. The van der Waals surface area contributed by atoms with Gasteiger partial charge in [0, 0.05) is 25.9 Å². The number of nitrogens with zero attached hydrogens (tertiary/aromatic N) is 4. The fraction of sp³-hybridized carbons (Fsp3) is 0.238. The van der Waals surface area contributed by atoms with Crippen LogP contribution >= 0.6 is 0 Å². The molecule has 3 rings (SSSR count). The molecule has 3 aromatic rings. The molecule has 0 atom stereocenters. The molecule has 0 radical (unpaired) electrons. The fourth-order valence-electron chi connectivity index (χ4n) is 2.46. The zero-order valence-electron chi connectivity index (χ0n) is 15.7. The summed E-state index contributed by atoms with van der Waals surface area (Å²) in [6.45, 7) is 7.07. The molecule has 0 N–H and O–H groups in total. The van der Waals surface area contributed by atoms with Crippen molar-refractivity contribution in [3.63, 3.8) is 0 Å². The summed E-state index contributed by atoms with van der Waals surface area (Å²) in [7, 11) is 2.01. The minimum Gasteiger partial charge on any atom is -0.437 e. The monoisotopic (exact) mass is 348 g/mol. The molecule has 2 aromatic carbocycles. The average molecular weight is 348 g/mol. The molecule has 5 heteroatoms.